The second-order valence-electron chi connectivity index (χ2n) is 10.6. The van der Waals surface area contributed by atoms with E-state index in [1.165, 1.54) is 37.7 Å². The van der Waals surface area contributed by atoms with Crippen molar-refractivity contribution in [2.24, 2.45) is 11.8 Å². The molecule has 0 spiro atoms. The quantitative estimate of drug-likeness (QED) is 0.634. The summed E-state index contributed by atoms with van der Waals surface area (Å²) in [7, 11) is 0. The molecule has 1 aromatic rings. The van der Waals surface area contributed by atoms with Crippen molar-refractivity contribution in [1.82, 2.24) is 14.8 Å². The summed E-state index contributed by atoms with van der Waals surface area (Å²) in [5, 5.41) is 12.2. The van der Waals surface area contributed by atoms with Gasteiger partial charge in [-0.05, 0) is 94.8 Å². The molecule has 1 aromatic heterocycles. The number of fused-ring (bicyclic) bond motifs is 1. The van der Waals surface area contributed by atoms with Crippen LogP contribution in [0.3, 0.4) is 0 Å². The summed E-state index contributed by atoms with van der Waals surface area (Å²) in [6, 6.07) is 1.87. The normalized spacial score (nSPS) is 24.0. The SMILES string of the molecule is O=C(NCC1CCC(C(=O)O)CC1)c1cc2c(n(CCN3CCCCC3)c1=O)CCCCCC2. The Bertz CT molecular complexity index is 911. The van der Waals surface area contributed by atoms with Crippen LogP contribution in [-0.2, 0) is 24.2 Å². The summed E-state index contributed by atoms with van der Waals surface area (Å²) in [5.41, 5.74) is 2.44. The van der Waals surface area contributed by atoms with E-state index in [1.807, 2.05) is 10.6 Å². The minimum absolute atomic E-state index is 0.150. The van der Waals surface area contributed by atoms with Gasteiger partial charge in [-0.2, -0.15) is 0 Å². The lowest BCUT2D eigenvalue weighted by atomic mass is 9.82. The second-order valence-corrected chi connectivity index (χ2v) is 10.6. The molecular weight excluding hydrogens is 430 g/mol. The van der Waals surface area contributed by atoms with Gasteiger partial charge in [-0.1, -0.05) is 19.3 Å². The summed E-state index contributed by atoms with van der Waals surface area (Å²) in [4.78, 5) is 40.3. The molecule has 1 amide bonds. The van der Waals surface area contributed by atoms with E-state index >= 15 is 0 Å². The average Bonchev–Trinajstić information content (AvgIpc) is 2.83. The highest BCUT2D eigenvalue weighted by atomic mass is 16.4. The van der Waals surface area contributed by atoms with Crippen molar-refractivity contribution in [2.45, 2.75) is 90.0 Å². The van der Waals surface area contributed by atoms with Gasteiger partial charge in [0, 0.05) is 25.3 Å². The molecule has 4 rings (SSSR count). The molecule has 2 aliphatic carbocycles. The molecule has 7 heteroatoms. The zero-order chi connectivity index (χ0) is 23.9. The number of nitrogens with zero attached hydrogens (tertiary/aromatic N) is 2. The molecule has 0 unspecified atom stereocenters. The maximum Gasteiger partial charge on any atom is 0.306 e. The van der Waals surface area contributed by atoms with Gasteiger partial charge in [-0.25, -0.2) is 0 Å². The highest BCUT2D eigenvalue weighted by Crippen LogP contribution is 2.28. The van der Waals surface area contributed by atoms with E-state index < -0.39 is 5.97 Å². The fourth-order valence-electron chi connectivity index (χ4n) is 6.00. The van der Waals surface area contributed by atoms with Crippen molar-refractivity contribution in [3.05, 3.63) is 33.2 Å². The Morgan fingerprint density at radius 1 is 0.912 bits per heavy atom. The predicted octanol–water partition coefficient (Wildman–Crippen LogP) is 3.61. The molecule has 7 nitrogen and oxygen atoms in total. The number of hydrogen-bond donors (Lipinski definition) is 2. The first kappa shape index (κ1) is 25.0. The van der Waals surface area contributed by atoms with Crippen molar-refractivity contribution in [1.29, 1.82) is 0 Å². The first-order valence-corrected chi connectivity index (χ1v) is 13.5. The third-order valence-electron chi connectivity index (χ3n) is 8.18. The number of aryl methyl sites for hydroxylation is 1. The van der Waals surface area contributed by atoms with Gasteiger partial charge in [0.1, 0.15) is 5.56 Å². The largest absolute Gasteiger partial charge is 0.481 e. The molecular formula is C27H41N3O4. The van der Waals surface area contributed by atoms with Crippen LogP contribution in [0.4, 0.5) is 0 Å². The van der Waals surface area contributed by atoms with Gasteiger partial charge in [0.25, 0.3) is 11.5 Å². The minimum atomic E-state index is -0.714. The number of carbonyl (C=O) groups is 2. The summed E-state index contributed by atoms with van der Waals surface area (Å²) >= 11 is 0. The lowest BCUT2D eigenvalue weighted by Gasteiger charge is -2.28. The van der Waals surface area contributed by atoms with Crippen molar-refractivity contribution < 1.29 is 14.7 Å². The van der Waals surface area contributed by atoms with E-state index in [2.05, 4.69) is 10.2 Å². The number of aliphatic carboxylic acids is 1. The second kappa shape index (κ2) is 12.0. The van der Waals surface area contributed by atoms with Gasteiger partial charge in [0.15, 0.2) is 0 Å². The molecule has 0 radical (unpaired) electrons. The van der Waals surface area contributed by atoms with Gasteiger partial charge < -0.3 is 19.9 Å². The van der Waals surface area contributed by atoms with Crippen LogP contribution < -0.4 is 10.9 Å². The third-order valence-corrected chi connectivity index (χ3v) is 8.18. The average molecular weight is 472 g/mol. The van der Waals surface area contributed by atoms with Crippen LogP contribution in [0.5, 0.6) is 0 Å². The molecule has 2 fully saturated rings. The lowest BCUT2D eigenvalue weighted by molar-refractivity contribution is -0.143. The van der Waals surface area contributed by atoms with Gasteiger partial charge in [-0.15, -0.1) is 0 Å². The van der Waals surface area contributed by atoms with E-state index in [-0.39, 0.29) is 28.9 Å². The van der Waals surface area contributed by atoms with Crippen LogP contribution in [0.2, 0.25) is 0 Å². The lowest BCUT2D eigenvalue weighted by Crippen LogP contribution is -2.40. The summed E-state index contributed by atoms with van der Waals surface area (Å²) in [6.45, 7) is 4.23. The number of pyridine rings is 1. The molecule has 1 saturated carbocycles. The van der Waals surface area contributed by atoms with Crippen molar-refractivity contribution >= 4 is 11.9 Å². The predicted molar refractivity (Wildman–Crippen MR) is 132 cm³/mol. The van der Waals surface area contributed by atoms with Crippen molar-refractivity contribution in [3.8, 4) is 0 Å². The highest BCUT2D eigenvalue weighted by Gasteiger charge is 2.27. The maximum absolute atomic E-state index is 13.5. The number of likely N-dealkylation sites (tertiary alicyclic amines) is 1. The number of aromatic nitrogens is 1. The van der Waals surface area contributed by atoms with E-state index in [4.69, 9.17) is 0 Å². The Labute approximate surface area is 202 Å². The maximum atomic E-state index is 13.5. The van der Waals surface area contributed by atoms with Crippen LogP contribution >= 0.6 is 0 Å². The Balaban J connectivity index is 1.48. The number of nitrogens with one attached hydrogen (secondary N) is 1. The summed E-state index contributed by atoms with van der Waals surface area (Å²) in [5.74, 6) is -0.965. The smallest absolute Gasteiger partial charge is 0.306 e. The Morgan fingerprint density at radius 2 is 1.59 bits per heavy atom. The van der Waals surface area contributed by atoms with Crippen LogP contribution in [0.15, 0.2) is 10.9 Å². The van der Waals surface area contributed by atoms with E-state index in [0.717, 1.165) is 63.9 Å². The van der Waals surface area contributed by atoms with Crippen LogP contribution in [-0.4, -0.2) is 52.6 Å². The molecule has 1 aliphatic heterocycles. The number of carboxylic acid groups (broad SMARTS) is 1. The first-order valence-electron chi connectivity index (χ1n) is 13.5. The fraction of sp³-hybridized carbons (Fsp3) is 0.741. The summed E-state index contributed by atoms with van der Waals surface area (Å²) < 4.78 is 1.92. The highest BCUT2D eigenvalue weighted by molar-refractivity contribution is 5.94. The van der Waals surface area contributed by atoms with Gasteiger partial charge in [0.05, 0.1) is 5.92 Å². The van der Waals surface area contributed by atoms with Crippen LogP contribution in [0.1, 0.15) is 92.2 Å². The number of carbonyl (C=O) groups excluding carboxylic acids is 1. The molecule has 2 heterocycles. The van der Waals surface area contributed by atoms with Gasteiger partial charge in [0.2, 0.25) is 0 Å². The fourth-order valence-corrected chi connectivity index (χ4v) is 6.00. The monoisotopic (exact) mass is 471 g/mol. The molecule has 0 atom stereocenters. The molecule has 0 bridgehead atoms. The van der Waals surface area contributed by atoms with Crippen LogP contribution in [0, 0.1) is 11.8 Å². The number of rotatable bonds is 7. The Kier molecular flexibility index (Phi) is 8.81. The van der Waals surface area contributed by atoms with Gasteiger partial charge >= 0.3 is 5.97 Å². The molecule has 188 valence electrons. The Hall–Kier alpha value is -2.15. The Morgan fingerprint density at radius 3 is 2.29 bits per heavy atom. The number of amides is 1. The minimum Gasteiger partial charge on any atom is -0.481 e. The van der Waals surface area contributed by atoms with E-state index in [0.29, 0.717) is 25.9 Å². The molecule has 1 saturated heterocycles. The zero-order valence-corrected chi connectivity index (χ0v) is 20.5. The zero-order valence-electron chi connectivity index (χ0n) is 20.5. The summed E-state index contributed by atoms with van der Waals surface area (Å²) in [6.07, 6.45) is 13.1. The van der Waals surface area contributed by atoms with Crippen molar-refractivity contribution in [3.63, 3.8) is 0 Å². The number of piperidine rings is 1. The molecule has 2 N–H and O–H groups in total. The molecule has 3 aliphatic rings. The molecule has 34 heavy (non-hydrogen) atoms. The van der Waals surface area contributed by atoms with Gasteiger partial charge in [-0.3, -0.25) is 14.4 Å². The number of carboxylic acids is 1. The topological polar surface area (TPSA) is 91.6 Å². The van der Waals surface area contributed by atoms with Crippen LogP contribution in [0.25, 0.3) is 0 Å². The standard InChI is InChI=1S/C27H41N3O4/c31-25(28-19-20-10-12-21(13-11-20)27(33)34)23-18-22-8-4-1-2-5-9-24(22)30(26(23)32)17-16-29-14-6-3-7-15-29/h18,20-21H,1-17,19H2,(H,28,31)(H,33,34). The third kappa shape index (κ3) is 6.29. The van der Waals surface area contributed by atoms with E-state index in [1.54, 1.807) is 0 Å². The van der Waals surface area contributed by atoms with E-state index in [9.17, 15) is 19.5 Å². The van der Waals surface area contributed by atoms with Crippen molar-refractivity contribution in [2.75, 3.05) is 26.2 Å². The molecule has 0 aromatic carbocycles. The first-order chi connectivity index (χ1) is 16.5. The number of hydrogen-bond acceptors (Lipinski definition) is 4.